The molecule has 27 heavy (non-hydrogen) atoms. The largest absolute Gasteiger partial charge is 0.490 e. The van der Waals surface area contributed by atoms with E-state index in [4.69, 9.17) is 14.6 Å². The molecule has 3 atom stereocenters. The van der Waals surface area contributed by atoms with E-state index in [2.05, 4.69) is 10.2 Å². The number of hydrogen-bond acceptors (Lipinski definition) is 4. The highest BCUT2D eigenvalue weighted by atomic mass is 19.4. The van der Waals surface area contributed by atoms with Crippen LogP contribution < -0.4 is 5.32 Å². The number of alkyl halides is 3. The average molecular weight is 392 g/mol. The van der Waals surface area contributed by atoms with E-state index in [9.17, 15) is 18.0 Å². The number of hydrogen-bond donors (Lipinski definition) is 2. The SMILES string of the molecule is O=C(NC[C@@H]1OC[C@@H]2CN(CC3CC3)CC[C@@H]21)C1CC1.O=C(O)C(F)(F)F. The smallest absolute Gasteiger partial charge is 0.475 e. The molecule has 0 aromatic rings. The van der Waals surface area contributed by atoms with E-state index in [1.54, 1.807) is 0 Å². The number of carbonyl (C=O) groups is 2. The van der Waals surface area contributed by atoms with Crippen molar-refractivity contribution < 1.29 is 32.6 Å². The van der Waals surface area contributed by atoms with Crippen LogP contribution in [0.5, 0.6) is 0 Å². The molecular weight excluding hydrogens is 365 g/mol. The van der Waals surface area contributed by atoms with Crippen LogP contribution in [0, 0.1) is 23.7 Å². The van der Waals surface area contributed by atoms with E-state index in [1.807, 2.05) is 0 Å². The Kier molecular flexibility index (Phi) is 6.30. The lowest BCUT2D eigenvalue weighted by atomic mass is 9.84. The Morgan fingerprint density at radius 2 is 1.81 bits per heavy atom. The summed E-state index contributed by atoms with van der Waals surface area (Å²) < 4.78 is 37.7. The molecule has 2 saturated carbocycles. The topological polar surface area (TPSA) is 78.9 Å². The van der Waals surface area contributed by atoms with Gasteiger partial charge in [-0.1, -0.05) is 0 Å². The van der Waals surface area contributed by atoms with E-state index in [0.717, 1.165) is 31.9 Å². The number of carboxylic acids is 1. The Bertz CT molecular complexity index is 549. The first kappa shape index (κ1) is 20.4. The Hall–Kier alpha value is -1.35. The Morgan fingerprint density at radius 3 is 2.37 bits per heavy atom. The van der Waals surface area contributed by atoms with Crippen LogP contribution in [-0.4, -0.2) is 66.9 Å². The molecule has 154 valence electrons. The molecule has 2 heterocycles. The average Bonchev–Trinajstić information content (AvgIpc) is 3.51. The van der Waals surface area contributed by atoms with Gasteiger partial charge in [-0.15, -0.1) is 0 Å². The number of amides is 1. The number of fused-ring (bicyclic) bond motifs is 1. The summed E-state index contributed by atoms with van der Waals surface area (Å²) in [5.41, 5.74) is 0. The van der Waals surface area contributed by atoms with Crippen molar-refractivity contribution in [3.05, 3.63) is 0 Å². The summed E-state index contributed by atoms with van der Waals surface area (Å²) in [4.78, 5) is 23.3. The van der Waals surface area contributed by atoms with Crippen molar-refractivity contribution in [2.24, 2.45) is 23.7 Å². The summed E-state index contributed by atoms with van der Waals surface area (Å²) in [6, 6.07) is 0. The second-order valence-corrected chi connectivity index (χ2v) is 8.11. The summed E-state index contributed by atoms with van der Waals surface area (Å²) in [7, 11) is 0. The molecule has 6 nitrogen and oxygen atoms in total. The molecule has 0 spiro atoms. The molecule has 4 aliphatic rings. The minimum Gasteiger partial charge on any atom is -0.475 e. The van der Waals surface area contributed by atoms with Crippen LogP contribution in [0.15, 0.2) is 0 Å². The Balaban J connectivity index is 0.000000260. The van der Waals surface area contributed by atoms with Gasteiger partial charge in [-0.3, -0.25) is 4.79 Å². The van der Waals surface area contributed by atoms with Gasteiger partial charge in [-0.25, -0.2) is 4.79 Å². The van der Waals surface area contributed by atoms with Gasteiger partial charge in [-0.05, 0) is 50.5 Å². The molecule has 2 aliphatic heterocycles. The summed E-state index contributed by atoms with van der Waals surface area (Å²) in [5, 5.41) is 10.2. The van der Waals surface area contributed by atoms with Gasteiger partial charge < -0.3 is 20.1 Å². The highest BCUT2D eigenvalue weighted by molar-refractivity contribution is 5.80. The van der Waals surface area contributed by atoms with Crippen LogP contribution in [-0.2, 0) is 14.3 Å². The zero-order chi connectivity index (χ0) is 19.6. The van der Waals surface area contributed by atoms with Gasteiger partial charge in [0.25, 0.3) is 0 Å². The van der Waals surface area contributed by atoms with Crippen molar-refractivity contribution in [1.82, 2.24) is 10.2 Å². The number of aliphatic carboxylic acids is 1. The Morgan fingerprint density at radius 1 is 1.15 bits per heavy atom. The number of nitrogens with zero attached hydrogens (tertiary/aromatic N) is 1. The number of likely N-dealkylation sites (tertiary alicyclic amines) is 1. The second-order valence-electron chi connectivity index (χ2n) is 8.11. The molecule has 4 fully saturated rings. The molecule has 1 amide bonds. The maximum absolute atomic E-state index is 11.7. The third kappa shape index (κ3) is 6.07. The first-order valence-electron chi connectivity index (χ1n) is 9.65. The van der Waals surface area contributed by atoms with Gasteiger partial charge in [0.1, 0.15) is 0 Å². The van der Waals surface area contributed by atoms with Crippen LogP contribution >= 0.6 is 0 Å². The minimum atomic E-state index is -5.08. The van der Waals surface area contributed by atoms with Crippen LogP contribution in [0.4, 0.5) is 13.2 Å². The number of carbonyl (C=O) groups excluding carboxylic acids is 1. The predicted molar refractivity (Wildman–Crippen MR) is 89.9 cm³/mol. The van der Waals surface area contributed by atoms with E-state index in [-0.39, 0.29) is 12.0 Å². The fraction of sp³-hybridized carbons (Fsp3) is 0.889. The van der Waals surface area contributed by atoms with E-state index in [0.29, 0.717) is 17.8 Å². The molecule has 2 saturated heterocycles. The Labute approximate surface area is 156 Å². The predicted octanol–water partition coefficient (Wildman–Crippen LogP) is 1.89. The van der Waals surface area contributed by atoms with Crippen molar-refractivity contribution in [3.63, 3.8) is 0 Å². The third-order valence-electron chi connectivity index (χ3n) is 5.76. The zero-order valence-electron chi connectivity index (χ0n) is 15.2. The molecule has 0 aromatic heterocycles. The van der Waals surface area contributed by atoms with E-state index < -0.39 is 12.1 Å². The standard InChI is InChI=1S/C16H26N2O2.C2HF3O2/c19-16(12-3-4-12)17-7-15-14-5-6-18(8-11-1-2-11)9-13(14)10-20-15;3-2(4,5)1(6)7/h11-15H,1-10H2,(H,17,19);(H,6,7)/t13-,14-,15-;/m0./s1. The van der Waals surface area contributed by atoms with Crippen LogP contribution in [0.1, 0.15) is 32.1 Å². The maximum Gasteiger partial charge on any atom is 0.490 e. The highest BCUT2D eigenvalue weighted by Crippen LogP contribution is 2.37. The zero-order valence-corrected chi connectivity index (χ0v) is 15.2. The molecule has 0 bridgehead atoms. The number of rotatable bonds is 5. The molecule has 2 aliphatic carbocycles. The number of ether oxygens (including phenoxy) is 1. The molecule has 0 aromatic carbocycles. The van der Waals surface area contributed by atoms with Crippen LogP contribution in [0.3, 0.4) is 0 Å². The second kappa shape index (κ2) is 8.34. The van der Waals surface area contributed by atoms with Crippen molar-refractivity contribution in [2.45, 2.75) is 44.4 Å². The maximum atomic E-state index is 11.7. The number of halogens is 3. The van der Waals surface area contributed by atoms with Gasteiger partial charge in [-0.2, -0.15) is 13.2 Å². The van der Waals surface area contributed by atoms with Crippen molar-refractivity contribution in [3.8, 4) is 0 Å². The fourth-order valence-electron chi connectivity index (χ4n) is 3.89. The first-order chi connectivity index (χ1) is 12.7. The van der Waals surface area contributed by atoms with Crippen LogP contribution in [0.2, 0.25) is 0 Å². The quantitative estimate of drug-likeness (QED) is 0.747. The third-order valence-corrected chi connectivity index (χ3v) is 5.76. The van der Waals surface area contributed by atoms with E-state index in [1.165, 1.54) is 38.9 Å². The van der Waals surface area contributed by atoms with Crippen molar-refractivity contribution in [1.29, 1.82) is 0 Å². The highest BCUT2D eigenvalue weighted by Gasteiger charge is 2.42. The normalized spacial score (nSPS) is 30.9. The molecule has 0 unspecified atom stereocenters. The fourth-order valence-corrected chi connectivity index (χ4v) is 3.89. The molecule has 2 N–H and O–H groups in total. The van der Waals surface area contributed by atoms with Crippen molar-refractivity contribution >= 4 is 11.9 Å². The molecule has 9 heteroatoms. The molecular formula is C18H27F3N2O4. The summed E-state index contributed by atoms with van der Waals surface area (Å²) >= 11 is 0. The van der Waals surface area contributed by atoms with Gasteiger partial charge in [0, 0.05) is 31.5 Å². The van der Waals surface area contributed by atoms with Gasteiger partial charge >= 0.3 is 12.1 Å². The lowest BCUT2D eigenvalue weighted by Crippen LogP contribution is -2.44. The monoisotopic (exact) mass is 392 g/mol. The number of piperidine rings is 1. The minimum absolute atomic E-state index is 0.253. The van der Waals surface area contributed by atoms with Gasteiger partial charge in [0.05, 0.1) is 12.7 Å². The lowest BCUT2D eigenvalue weighted by Gasteiger charge is -2.35. The molecule has 4 rings (SSSR count). The summed E-state index contributed by atoms with van der Waals surface area (Å²) in [5.74, 6) is 0.168. The van der Waals surface area contributed by atoms with Crippen molar-refractivity contribution in [2.75, 3.05) is 32.8 Å². The summed E-state index contributed by atoms with van der Waals surface area (Å²) in [6.07, 6.45) is 1.49. The van der Waals surface area contributed by atoms with Crippen LogP contribution in [0.25, 0.3) is 0 Å². The van der Waals surface area contributed by atoms with Gasteiger partial charge in [0.15, 0.2) is 0 Å². The summed E-state index contributed by atoms with van der Waals surface area (Å²) in [6.45, 7) is 5.39. The molecule has 0 radical (unpaired) electrons. The number of carboxylic acid groups (broad SMARTS) is 1. The first-order valence-corrected chi connectivity index (χ1v) is 9.65. The van der Waals surface area contributed by atoms with E-state index >= 15 is 0 Å². The lowest BCUT2D eigenvalue weighted by molar-refractivity contribution is -0.192. The number of nitrogens with one attached hydrogen (secondary N) is 1. The van der Waals surface area contributed by atoms with Gasteiger partial charge in [0.2, 0.25) is 5.91 Å².